The Morgan fingerprint density at radius 1 is 1.17 bits per heavy atom. The van der Waals surface area contributed by atoms with Gasteiger partial charge in [-0.15, -0.1) is 0 Å². The Morgan fingerprint density at radius 3 is 2.61 bits per heavy atom. The molecule has 18 heavy (non-hydrogen) atoms. The largest absolute Gasteiger partial charge is 0.345 e. The lowest BCUT2D eigenvalue weighted by Gasteiger charge is -2.28. The summed E-state index contributed by atoms with van der Waals surface area (Å²) in [5.74, 6) is -0.840. The molecule has 0 saturated heterocycles. The fourth-order valence-electron chi connectivity index (χ4n) is 2.29. The maximum Gasteiger partial charge on any atom is 0.312 e. The number of benzene rings is 1. The van der Waals surface area contributed by atoms with Crippen LogP contribution in [0.15, 0.2) is 24.3 Å². The maximum absolute atomic E-state index is 12.0. The number of rotatable bonds is 1. The van der Waals surface area contributed by atoms with Gasteiger partial charge in [-0.05, 0) is 30.4 Å². The van der Waals surface area contributed by atoms with Gasteiger partial charge in [-0.25, -0.2) is 0 Å². The van der Waals surface area contributed by atoms with Gasteiger partial charge >= 0.3 is 11.8 Å². The first-order valence-corrected chi connectivity index (χ1v) is 6.40. The average Bonchev–Trinajstić information content (AvgIpc) is 3.21. The van der Waals surface area contributed by atoms with Gasteiger partial charge in [0.15, 0.2) is 0 Å². The van der Waals surface area contributed by atoms with E-state index in [2.05, 4.69) is 11.4 Å². The first-order chi connectivity index (χ1) is 8.74. The molecule has 1 aromatic rings. The van der Waals surface area contributed by atoms with Crippen LogP contribution in [-0.2, 0) is 22.6 Å². The first-order valence-electron chi connectivity index (χ1n) is 6.40. The van der Waals surface area contributed by atoms with Gasteiger partial charge in [-0.3, -0.25) is 9.59 Å². The van der Waals surface area contributed by atoms with E-state index in [0.717, 1.165) is 24.8 Å². The van der Waals surface area contributed by atoms with Gasteiger partial charge in [-0.1, -0.05) is 24.3 Å². The van der Waals surface area contributed by atoms with Crippen molar-refractivity contribution in [3.05, 3.63) is 35.4 Å². The summed E-state index contributed by atoms with van der Waals surface area (Å²) < 4.78 is 0. The van der Waals surface area contributed by atoms with Crippen LogP contribution in [0.3, 0.4) is 0 Å². The van der Waals surface area contributed by atoms with Gasteiger partial charge in [0.2, 0.25) is 0 Å². The van der Waals surface area contributed by atoms with Crippen LogP contribution in [0.5, 0.6) is 0 Å². The van der Waals surface area contributed by atoms with E-state index in [1.165, 1.54) is 5.56 Å². The number of hydrogen-bond donors (Lipinski definition) is 1. The van der Waals surface area contributed by atoms with E-state index in [0.29, 0.717) is 13.1 Å². The van der Waals surface area contributed by atoms with Crippen LogP contribution < -0.4 is 5.32 Å². The summed E-state index contributed by atoms with van der Waals surface area (Å²) in [5, 5.41) is 2.74. The molecule has 94 valence electrons. The molecular formula is C14H16N2O2. The Morgan fingerprint density at radius 2 is 1.89 bits per heavy atom. The number of carbonyl (C=O) groups excluding carboxylic acids is 2. The van der Waals surface area contributed by atoms with Crippen LogP contribution in [0.25, 0.3) is 0 Å². The third-order valence-corrected chi connectivity index (χ3v) is 3.52. The fourth-order valence-corrected chi connectivity index (χ4v) is 2.29. The summed E-state index contributed by atoms with van der Waals surface area (Å²) in [6.07, 6.45) is 2.84. The van der Waals surface area contributed by atoms with Crippen molar-refractivity contribution >= 4 is 11.8 Å². The number of amides is 2. The van der Waals surface area contributed by atoms with Gasteiger partial charge in [0.1, 0.15) is 0 Å². The number of nitrogens with one attached hydrogen (secondary N) is 1. The molecule has 4 nitrogen and oxygen atoms in total. The third kappa shape index (κ3) is 2.23. The predicted molar refractivity (Wildman–Crippen MR) is 66.7 cm³/mol. The quantitative estimate of drug-likeness (QED) is 0.745. The normalized spacial score (nSPS) is 18.1. The van der Waals surface area contributed by atoms with Crippen molar-refractivity contribution in [3.63, 3.8) is 0 Å². The maximum atomic E-state index is 12.0. The van der Waals surface area contributed by atoms with Crippen molar-refractivity contribution < 1.29 is 9.59 Å². The van der Waals surface area contributed by atoms with E-state index in [1.807, 2.05) is 18.2 Å². The highest BCUT2D eigenvalue weighted by molar-refractivity contribution is 6.35. The summed E-state index contributed by atoms with van der Waals surface area (Å²) in [4.78, 5) is 25.3. The number of carbonyl (C=O) groups is 2. The Kier molecular flexibility index (Phi) is 2.78. The topological polar surface area (TPSA) is 49.4 Å². The van der Waals surface area contributed by atoms with Gasteiger partial charge in [0.05, 0.1) is 0 Å². The van der Waals surface area contributed by atoms with Gasteiger partial charge in [0.25, 0.3) is 0 Å². The molecule has 2 amide bonds. The van der Waals surface area contributed by atoms with Gasteiger partial charge < -0.3 is 10.2 Å². The van der Waals surface area contributed by atoms with E-state index < -0.39 is 11.8 Å². The number of fused-ring (bicyclic) bond motifs is 1. The molecule has 0 atom stereocenters. The smallest absolute Gasteiger partial charge is 0.312 e. The molecule has 1 saturated carbocycles. The molecule has 0 radical (unpaired) electrons. The van der Waals surface area contributed by atoms with Crippen molar-refractivity contribution in [2.24, 2.45) is 0 Å². The zero-order valence-corrected chi connectivity index (χ0v) is 10.2. The highest BCUT2D eigenvalue weighted by Gasteiger charge is 2.30. The minimum absolute atomic E-state index is 0.235. The van der Waals surface area contributed by atoms with Crippen LogP contribution >= 0.6 is 0 Å². The molecule has 0 unspecified atom stereocenters. The first kappa shape index (κ1) is 11.3. The Bertz CT molecular complexity index is 494. The summed E-state index contributed by atoms with van der Waals surface area (Å²) in [7, 11) is 0. The van der Waals surface area contributed by atoms with E-state index >= 15 is 0 Å². The molecule has 1 aliphatic carbocycles. The molecule has 0 bridgehead atoms. The van der Waals surface area contributed by atoms with Gasteiger partial charge in [-0.2, -0.15) is 0 Å². The van der Waals surface area contributed by atoms with E-state index in [1.54, 1.807) is 4.90 Å². The van der Waals surface area contributed by atoms with E-state index in [-0.39, 0.29) is 6.04 Å². The SMILES string of the molecule is O=C(NC1CC1)C(=O)N1CCc2ccccc2C1. The lowest BCUT2D eigenvalue weighted by atomic mass is 10.00. The second-order valence-corrected chi connectivity index (χ2v) is 4.99. The molecule has 0 aromatic heterocycles. The predicted octanol–water partition coefficient (Wildman–Crippen LogP) is 0.850. The third-order valence-electron chi connectivity index (χ3n) is 3.52. The summed E-state index contributed by atoms with van der Waals surface area (Å²) in [6, 6.07) is 8.32. The zero-order valence-electron chi connectivity index (χ0n) is 10.2. The molecule has 1 aromatic carbocycles. The van der Waals surface area contributed by atoms with Crippen LogP contribution in [0.1, 0.15) is 24.0 Å². The molecule has 3 rings (SSSR count). The van der Waals surface area contributed by atoms with E-state index in [9.17, 15) is 9.59 Å². The highest BCUT2D eigenvalue weighted by atomic mass is 16.2. The number of hydrogen-bond acceptors (Lipinski definition) is 2. The van der Waals surface area contributed by atoms with Crippen molar-refractivity contribution in [1.29, 1.82) is 0 Å². The summed E-state index contributed by atoms with van der Waals surface area (Å²) in [5.41, 5.74) is 2.43. The molecule has 4 heteroatoms. The van der Waals surface area contributed by atoms with Crippen molar-refractivity contribution in [2.75, 3.05) is 6.54 Å². The molecule has 2 aliphatic rings. The fraction of sp³-hybridized carbons (Fsp3) is 0.429. The minimum Gasteiger partial charge on any atom is -0.345 e. The summed E-state index contributed by atoms with van der Waals surface area (Å²) in [6.45, 7) is 1.18. The molecular weight excluding hydrogens is 228 g/mol. The molecule has 1 N–H and O–H groups in total. The Balaban J connectivity index is 1.67. The minimum atomic E-state index is -0.447. The van der Waals surface area contributed by atoms with E-state index in [4.69, 9.17) is 0 Å². The lowest BCUT2D eigenvalue weighted by Crippen LogP contribution is -2.45. The van der Waals surface area contributed by atoms with Crippen LogP contribution in [0.4, 0.5) is 0 Å². The van der Waals surface area contributed by atoms with Crippen LogP contribution in [0.2, 0.25) is 0 Å². The standard InChI is InChI=1S/C14H16N2O2/c17-13(15-12-5-6-12)14(18)16-8-7-10-3-1-2-4-11(10)9-16/h1-4,12H,5-9H2,(H,15,17). The molecule has 0 spiro atoms. The average molecular weight is 244 g/mol. The second-order valence-electron chi connectivity index (χ2n) is 4.99. The van der Waals surface area contributed by atoms with Gasteiger partial charge in [0, 0.05) is 19.1 Å². The zero-order chi connectivity index (χ0) is 12.5. The molecule has 1 heterocycles. The Hall–Kier alpha value is -1.84. The lowest BCUT2D eigenvalue weighted by molar-refractivity contribution is -0.146. The van der Waals surface area contributed by atoms with Crippen LogP contribution in [0, 0.1) is 0 Å². The molecule has 1 fully saturated rings. The monoisotopic (exact) mass is 244 g/mol. The van der Waals surface area contributed by atoms with Crippen molar-refractivity contribution in [3.8, 4) is 0 Å². The van der Waals surface area contributed by atoms with Crippen molar-refractivity contribution in [2.45, 2.75) is 31.8 Å². The van der Waals surface area contributed by atoms with Crippen LogP contribution in [-0.4, -0.2) is 29.3 Å². The second kappa shape index (κ2) is 4.44. The summed E-state index contributed by atoms with van der Waals surface area (Å²) >= 11 is 0. The Labute approximate surface area is 106 Å². The molecule has 1 aliphatic heterocycles. The number of nitrogens with zero attached hydrogens (tertiary/aromatic N) is 1. The highest BCUT2D eigenvalue weighted by Crippen LogP contribution is 2.20. The van der Waals surface area contributed by atoms with Crippen molar-refractivity contribution in [1.82, 2.24) is 10.2 Å².